The van der Waals surface area contributed by atoms with Gasteiger partial charge in [-0.1, -0.05) is 30.0 Å². The summed E-state index contributed by atoms with van der Waals surface area (Å²) in [7, 11) is 1.59. The van der Waals surface area contributed by atoms with Crippen LogP contribution >= 0.6 is 46.6 Å². The molecule has 0 saturated carbocycles. The van der Waals surface area contributed by atoms with Crippen molar-refractivity contribution in [3.05, 3.63) is 55.5 Å². The maximum atomic E-state index is 11.9. The Labute approximate surface area is 193 Å². The molecule has 2 aromatic rings. The van der Waals surface area contributed by atoms with Crippen LogP contribution in [0.4, 0.5) is 0 Å². The second kappa shape index (κ2) is 9.82. The van der Waals surface area contributed by atoms with Crippen molar-refractivity contribution in [1.82, 2.24) is 5.32 Å². The van der Waals surface area contributed by atoms with Gasteiger partial charge in [0, 0.05) is 0 Å². The largest absolute Gasteiger partial charge is 0.493 e. The smallest absolute Gasteiger partial charge is 0.263 e. The van der Waals surface area contributed by atoms with Crippen LogP contribution in [0, 0.1) is 17.4 Å². The number of hydrogen-bond acceptors (Lipinski definition) is 6. The second-order valence-corrected chi connectivity index (χ2v) is 9.21. The highest BCUT2D eigenvalue weighted by Gasteiger charge is 2.22. The monoisotopic (exact) mass is 541 g/mol. The van der Waals surface area contributed by atoms with E-state index in [0.29, 0.717) is 33.9 Å². The van der Waals surface area contributed by atoms with Crippen molar-refractivity contribution in [1.29, 1.82) is 0 Å². The van der Waals surface area contributed by atoms with Gasteiger partial charge in [-0.15, -0.1) is 0 Å². The first-order valence-corrected chi connectivity index (χ1v) is 11.1. The lowest BCUT2D eigenvalue weighted by Crippen LogP contribution is -2.17. The number of ether oxygens (including phenoxy) is 3. The van der Waals surface area contributed by atoms with Crippen molar-refractivity contribution in [2.45, 2.75) is 13.8 Å². The second-order valence-electron chi connectivity index (χ2n) is 6.33. The average molecular weight is 541 g/mol. The van der Waals surface area contributed by atoms with Gasteiger partial charge in [-0.3, -0.25) is 4.79 Å². The molecule has 5 nitrogen and oxygen atoms in total. The Morgan fingerprint density at radius 2 is 1.90 bits per heavy atom. The predicted octanol–water partition coefficient (Wildman–Crippen LogP) is 4.86. The van der Waals surface area contributed by atoms with Crippen molar-refractivity contribution in [3.8, 4) is 17.2 Å². The van der Waals surface area contributed by atoms with E-state index in [1.165, 1.54) is 22.9 Å². The Balaban J connectivity index is 1.66. The lowest BCUT2D eigenvalue weighted by Gasteiger charge is -2.14. The number of nitrogens with one attached hydrogen (secondary N) is 1. The Kier molecular flexibility index (Phi) is 7.42. The molecular weight excluding hydrogens is 521 g/mol. The lowest BCUT2D eigenvalue weighted by atomic mass is 10.1. The van der Waals surface area contributed by atoms with Gasteiger partial charge in [0.25, 0.3) is 5.91 Å². The molecule has 152 valence electrons. The van der Waals surface area contributed by atoms with Crippen molar-refractivity contribution in [2.24, 2.45) is 0 Å². The summed E-state index contributed by atoms with van der Waals surface area (Å²) in [5.74, 6) is 1.89. The highest BCUT2D eigenvalue weighted by molar-refractivity contribution is 14.1. The minimum atomic E-state index is -0.183. The number of methoxy groups -OCH3 is 1. The average Bonchev–Trinajstić information content (AvgIpc) is 2.99. The first-order valence-electron chi connectivity index (χ1n) is 8.82. The number of benzene rings is 2. The van der Waals surface area contributed by atoms with Crippen LogP contribution in [0.2, 0.25) is 0 Å². The molecule has 0 unspecified atom stereocenters. The fourth-order valence-corrected chi connectivity index (χ4v) is 4.47. The first kappa shape index (κ1) is 21.9. The van der Waals surface area contributed by atoms with Crippen molar-refractivity contribution in [2.75, 3.05) is 20.3 Å². The fourth-order valence-electron chi connectivity index (χ4n) is 2.64. The topological polar surface area (TPSA) is 56.8 Å². The number of carbonyl (C=O) groups excluding carboxylic acids is 1. The van der Waals surface area contributed by atoms with Crippen LogP contribution in [0.3, 0.4) is 0 Å². The zero-order valence-corrected chi connectivity index (χ0v) is 20.0. The van der Waals surface area contributed by atoms with E-state index < -0.39 is 0 Å². The van der Waals surface area contributed by atoms with Gasteiger partial charge in [0.05, 0.1) is 15.6 Å². The normalized spacial score (nSPS) is 14.8. The molecule has 1 fully saturated rings. The molecule has 0 bridgehead atoms. The van der Waals surface area contributed by atoms with E-state index in [1.54, 1.807) is 13.2 Å². The van der Waals surface area contributed by atoms with E-state index in [2.05, 4.69) is 41.8 Å². The fraction of sp³-hybridized carbons (Fsp3) is 0.238. The minimum Gasteiger partial charge on any atom is -0.493 e. The van der Waals surface area contributed by atoms with Crippen LogP contribution in [0.25, 0.3) is 6.08 Å². The standard InChI is InChI=1S/C21H20INO4S2/c1-12-4-5-15(8-13(12)2)26-6-7-27-19-16(22)9-14(10-17(19)25-3)11-18-20(24)23-21(28)29-18/h4-5,8-11H,6-7H2,1-3H3,(H,23,24,28)/b18-11-. The van der Waals surface area contributed by atoms with E-state index >= 15 is 0 Å². The molecule has 8 heteroatoms. The lowest BCUT2D eigenvalue weighted by molar-refractivity contribution is -0.115. The molecule has 0 aromatic heterocycles. The molecule has 1 aliphatic rings. The van der Waals surface area contributed by atoms with Gasteiger partial charge in [-0.2, -0.15) is 0 Å². The predicted molar refractivity (Wildman–Crippen MR) is 129 cm³/mol. The number of carbonyl (C=O) groups is 1. The molecule has 1 aliphatic heterocycles. The number of hydrogen-bond donors (Lipinski definition) is 1. The van der Waals surface area contributed by atoms with Crippen molar-refractivity contribution >= 4 is 62.9 Å². The summed E-state index contributed by atoms with van der Waals surface area (Å²) in [6.07, 6.45) is 1.79. The van der Waals surface area contributed by atoms with Gasteiger partial charge in [0.2, 0.25) is 0 Å². The van der Waals surface area contributed by atoms with Crippen LogP contribution in [-0.4, -0.2) is 30.6 Å². The van der Waals surface area contributed by atoms with Gasteiger partial charge >= 0.3 is 0 Å². The Hall–Kier alpha value is -1.78. The summed E-state index contributed by atoms with van der Waals surface area (Å²) in [6, 6.07) is 9.79. The highest BCUT2D eigenvalue weighted by atomic mass is 127. The molecule has 0 spiro atoms. The van der Waals surface area contributed by atoms with Crippen LogP contribution in [0.15, 0.2) is 35.2 Å². The number of rotatable bonds is 7. The number of aryl methyl sites for hydroxylation is 2. The molecule has 29 heavy (non-hydrogen) atoms. The zero-order chi connectivity index (χ0) is 21.0. The summed E-state index contributed by atoms with van der Waals surface area (Å²) in [6.45, 7) is 4.93. The molecule has 1 N–H and O–H groups in total. The number of halogens is 1. The maximum absolute atomic E-state index is 11.9. The van der Waals surface area contributed by atoms with E-state index in [-0.39, 0.29) is 5.91 Å². The van der Waals surface area contributed by atoms with Crippen molar-refractivity contribution < 1.29 is 19.0 Å². The summed E-state index contributed by atoms with van der Waals surface area (Å²) >= 11 is 8.47. The quantitative estimate of drug-likeness (QED) is 0.234. The summed E-state index contributed by atoms with van der Waals surface area (Å²) in [5.41, 5.74) is 3.27. The Morgan fingerprint density at radius 1 is 1.14 bits per heavy atom. The van der Waals surface area contributed by atoms with Gasteiger partial charge < -0.3 is 19.5 Å². The third-order valence-electron chi connectivity index (χ3n) is 4.27. The molecule has 1 saturated heterocycles. The Bertz CT molecular complexity index is 991. The third kappa shape index (κ3) is 5.64. The SMILES string of the molecule is COc1cc(/C=C2\SC(=S)NC2=O)cc(I)c1OCCOc1ccc(C)c(C)c1. The van der Waals surface area contributed by atoms with E-state index in [4.69, 9.17) is 26.4 Å². The molecular formula is C21H20INO4S2. The summed E-state index contributed by atoms with van der Waals surface area (Å²) < 4.78 is 18.5. The van der Waals surface area contributed by atoms with Gasteiger partial charge in [-0.05, 0) is 83.5 Å². The maximum Gasteiger partial charge on any atom is 0.263 e. The van der Waals surface area contributed by atoms with E-state index in [9.17, 15) is 4.79 Å². The molecule has 1 amide bonds. The van der Waals surface area contributed by atoms with Crippen LogP contribution in [-0.2, 0) is 4.79 Å². The number of thiocarbonyl (C=S) groups is 1. The molecule has 1 heterocycles. The molecule has 0 radical (unpaired) electrons. The number of thioether (sulfide) groups is 1. The van der Waals surface area contributed by atoms with Crippen LogP contribution < -0.4 is 19.5 Å². The van der Waals surface area contributed by atoms with Gasteiger partial charge in [-0.25, -0.2) is 0 Å². The van der Waals surface area contributed by atoms with E-state index in [0.717, 1.165) is 14.9 Å². The number of amides is 1. The highest BCUT2D eigenvalue weighted by Crippen LogP contribution is 2.36. The van der Waals surface area contributed by atoms with Crippen LogP contribution in [0.5, 0.6) is 17.2 Å². The van der Waals surface area contributed by atoms with Crippen molar-refractivity contribution in [3.63, 3.8) is 0 Å². The van der Waals surface area contributed by atoms with Crippen LogP contribution in [0.1, 0.15) is 16.7 Å². The molecule has 2 aromatic carbocycles. The third-order valence-corrected chi connectivity index (χ3v) is 6.23. The first-order chi connectivity index (χ1) is 13.9. The van der Waals surface area contributed by atoms with Gasteiger partial charge in [0.15, 0.2) is 11.5 Å². The summed E-state index contributed by atoms with van der Waals surface area (Å²) in [5, 5.41) is 2.61. The summed E-state index contributed by atoms with van der Waals surface area (Å²) in [4.78, 5) is 12.4. The molecule has 0 atom stereocenters. The van der Waals surface area contributed by atoms with E-state index in [1.807, 2.05) is 30.3 Å². The Morgan fingerprint density at radius 3 is 2.55 bits per heavy atom. The van der Waals surface area contributed by atoms with Gasteiger partial charge in [0.1, 0.15) is 23.3 Å². The zero-order valence-electron chi connectivity index (χ0n) is 16.2. The molecule has 3 rings (SSSR count). The minimum absolute atomic E-state index is 0.183. The molecule has 0 aliphatic carbocycles.